The Labute approximate surface area is 78.7 Å². The first-order valence-corrected chi connectivity index (χ1v) is 5.64. The average molecular weight is 187 g/mol. The van der Waals surface area contributed by atoms with E-state index < -0.39 is 0 Å². The Morgan fingerprint density at radius 1 is 1.67 bits per heavy atom. The number of likely N-dealkylation sites (tertiary alicyclic amines) is 1. The molecular weight excluding hydrogens is 170 g/mol. The zero-order chi connectivity index (χ0) is 8.97. The lowest BCUT2D eigenvalue weighted by Gasteiger charge is -2.30. The molecule has 0 bridgehead atoms. The predicted octanol–water partition coefficient (Wildman–Crippen LogP) is 2.59. The third-order valence-electron chi connectivity index (χ3n) is 2.18. The summed E-state index contributed by atoms with van der Waals surface area (Å²) in [5.41, 5.74) is 0. The molecule has 0 aromatic carbocycles. The van der Waals surface area contributed by atoms with E-state index >= 15 is 0 Å². The summed E-state index contributed by atoms with van der Waals surface area (Å²) in [5, 5.41) is 0.268. The summed E-state index contributed by atoms with van der Waals surface area (Å²) in [6.45, 7) is 6.17. The number of hydrogen-bond acceptors (Lipinski definition) is 2. The van der Waals surface area contributed by atoms with Gasteiger partial charge in [0.25, 0.3) is 5.24 Å². The Kier molecular flexibility index (Phi) is 3.92. The molecule has 1 heterocycles. The van der Waals surface area contributed by atoms with E-state index in [0.29, 0.717) is 5.92 Å². The van der Waals surface area contributed by atoms with Crippen LogP contribution in [0.1, 0.15) is 26.7 Å². The number of carbonyl (C=O) groups is 1. The highest BCUT2D eigenvalue weighted by Gasteiger charge is 2.20. The fraction of sp³-hybridized carbons (Fsp3) is 0.889. The van der Waals surface area contributed by atoms with Gasteiger partial charge in [-0.05, 0) is 24.5 Å². The standard InChI is InChI=1S/C9H17NOS/c1-3-12-9(11)10-6-4-5-8(2)7-10/h8H,3-7H2,1-2H3. The summed E-state index contributed by atoms with van der Waals surface area (Å²) in [5.74, 6) is 1.59. The minimum Gasteiger partial charge on any atom is -0.333 e. The molecule has 1 fully saturated rings. The lowest BCUT2D eigenvalue weighted by molar-refractivity contribution is 0.193. The second kappa shape index (κ2) is 4.75. The van der Waals surface area contributed by atoms with Crippen LogP contribution in [0.4, 0.5) is 4.79 Å². The number of rotatable bonds is 1. The van der Waals surface area contributed by atoms with Crippen LogP contribution in [-0.2, 0) is 0 Å². The summed E-state index contributed by atoms with van der Waals surface area (Å²) in [6.07, 6.45) is 2.46. The van der Waals surface area contributed by atoms with Gasteiger partial charge in [0.05, 0.1) is 0 Å². The zero-order valence-corrected chi connectivity index (χ0v) is 8.69. The monoisotopic (exact) mass is 187 g/mol. The summed E-state index contributed by atoms with van der Waals surface area (Å²) in [7, 11) is 0. The molecule has 1 atom stereocenters. The van der Waals surface area contributed by atoms with Crippen molar-refractivity contribution in [3.8, 4) is 0 Å². The van der Waals surface area contributed by atoms with Gasteiger partial charge in [0.15, 0.2) is 0 Å². The summed E-state index contributed by atoms with van der Waals surface area (Å²) < 4.78 is 0. The van der Waals surface area contributed by atoms with Crippen LogP contribution in [-0.4, -0.2) is 29.0 Å². The van der Waals surface area contributed by atoms with Gasteiger partial charge in [-0.3, -0.25) is 4.79 Å². The minimum atomic E-state index is 0.268. The van der Waals surface area contributed by atoms with Gasteiger partial charge in [0.1, 0.15) is 0 Å². The van der Waals surface area contributed by atoms with Crippen LogP contribution < -0.4 is 0 Å². The Morgan fingerprint density at radius 3 is 3.00 bits per heavy atom. The molecule has 0 N–H and O–H groups in total. The molecular formula is C9H17NOS. The molecule has 2 nitrogen and oxygen atoms in total. The quantitative estimate of drug-likeness (QED) is 0.629. The second-order valence-corrected chi connectivity index (χ2v) is 4.61. The van der Waals surface area contributed by atoms with Crippen LogP contribution in [0.15, 0.2) is 0 Å². The molecule has 0 aromatic heterocycles. The molecule has 0 saturated carbocycles. The van der Waals surface area contributed by atoms with Crippen LogP contribution in [0.3, 0.4) is 0 Å². The molecule has 0 spiro atoms. The maximum absolute atomic E-state index is 11.4. The molecule has 1 unspecified atom stereocenters. The van der Waals surface area contributed by atoms with Gasteiger partial charge >= 0.3 is 0 Å². The number of nitrogens with zero attached hydrogens (tertiary/aromatic N) is 1. The van der Waals surface area contributed by atoms with Gasteiger partial charge in [0.2, 0.25) is 0 Å². The number of carbonyl (C=O) groups excluding carboxylic acids is 1. The van der Waals surface area contributed by atoms with Gasteiger partial charge < -0.3 is 4.90 Å². The zero-order valence-electron chi connectivity index (χ0n) is 7.88. The van der Waals surface area contributed by atoms with Gasteiger partial charge in [-0.1, -0.05) is 25.6 Å². The average Bonchev–Trinajstić information content (AvgIpc) is 2.05. The molecule has 70 valence electrons. The number of piperidine rings is 1. The van der Waals surface area contributed by atoms with Crippen molar-refractivity contribution in [2.24, 2.45) is 5.92 Å². The van der Waals surface area contributed by atoms with Crippen LogP contribution in [0.5, 0.6) is 0 Å². The number of amides is 1. The number of thioether (sulfide) groups is 1. The molecule has 1 aliphatic rings. The minimum absolute atomic E-state index is 0.268. The van der Waals surface area contributed by atoms with Crippen molar-refractivity contribution in [2.45, 2.75) is 26.7 Å². The largest absolute Gasteiger partial charge is 0.333 e. The van der Waals surface area contributed by atoms with Crippen molar-refractivity contribution in [3.05, 3.63) is 0 Å². The van der Waals surface area contributed by atoms with Gasteiger partial charge in [-0.2, -0.15) is 0 Å². The SMILES string of the molecule is CCSC(=O)N1CCCC(C)C1. The summed E-state index contributed by atoms with van der Waals surface area (Å²) in [4.78, 5) is 13.4. The summed E-state index contributed by atoms with van der Waals surface area (Å²) >= 11 is 1.43. The molecule has 1 aliphatic heterocycles. The van der Waals surface area contributed by atoms with Gasteiger partial charge in [-0.25, -0.2) is 0 Å². The fourth-order valence-corrected chi connectivity index (χ4v) is 2.17. The normalized spacial score (nSPS) is 24.2. The first-order valence-electron chi connectivity index (χ1n) is 4.65. The predicted molar refractivity (Wildman–Crippen MR) is 53.5 cm³/mol. The van der Waals surface area contributed by atoms with E-state index in [1.807, 2.05) is 11.8 Å². The highest BCUT2D eigenvalue weighted by molar-refractivity contribution is 8.13. The molecule has 0 radical (unpaired) electrons. The lowest BCUT2D eigenvalue weighted by atomic mass is 10.0. The maximum atomic E-state index is 11.4. The molecule has 12 heavy (non-hydrogen) atoms. The Bertz CT molecular complexity index is 161. The molecule has 1 saturated heterocycles. The van der Waals surface area contributed by atoms with Crippen molar-refractivity contribution in [3.63, 3.8) is 0 Å². The van der Waals surface area contributed by atoms with Crippen molar-refractivity contribution in [1.29, 1.82) is 0 Å². The highest BCUT2D eigenvalue weighted by Crippen LogP contribution is 2.19. The van der Waals surface area contributed by atoms with E-state index in [1.165, 1.54) is 24.6 Å². The van der Waals surface area contributed by atoms with Crippen molar-refractivity contribution in [2.75, 3.05) is 18.8 Å². The molecule has 3 heteroatoms. The van der Waals surface area contributed by atoms with Crippen molar-refractivity contribution in [1.82, 2.24) is 4.90 Å². The van der Waals surface area contributed by atoms with E-state index in [1.54, 1.807) is 0 Å². The van der Waals surface area contributed by atoms with Crippen LogP contribution in [0.2, 0.25) is 0 Å². The van der Waals surface area contributed by atoms with Gasteiger partial charge in [-0.15, -0.1) is 0 Å². The molecule has 1 rings (SSSR count). The Morgan fingerprint density at radius 2 is 2.42 bits per heavy atom. The molecule has 1 amide bonds. The Hall–Kier alpha value is -0.180. The number of hydrogen-bond donors (Lipinski definition) is 0. The van der Waals surface area contributed by atoms with Gasteiger partial charge in [0, 0.05) is 13.1 Å². The smallest absolute Gasteiger partial charge is 0.281 e. The maximum Gasteiger partial charge on any atom is 0.281 e. The van der Waals surface area contributed by atoms with E-state index in [4.69, 9.17) is 0 Å². The van der Waals surface area contributed by atoms with Crippen LogP contribution in [0, 0.1) is 5.92 Å². The second-order valence-electron chi connectivity index (χ2n) is 3.39. The fourth-order valence-electron chi connectivity index (χ4n) is 1.57. The topological polar surface area (TPSA) is 20.3 Å². The molecule has 0 aliphatic carbocycles. The van der Waals surface area contributed by atoms with Crippen molar-refractivity contribution < 1.29 is 4.79 Å². The highest BCUT2D eigenvalue weighted by atomic mass is 32.2. The first kappa shape index (κ1) is 9.90. The lowest BCUT2D eigenvalue weighted by Crippen LogP contribution is -2.36. The Balaban J connectivity index is 2.35. The first-order chi connectivity index (χ1) is 5.74. The third-order valence-corrected chi connectivity index (χ3v) is 2.98. The third kappa shape index (κ3) is 2.70. The summed E-state index contributed by atoms with van der Waals surface area (Å²) in [6, 6.07) is 0. The molecule has 0 aromatic rings. The van der Waals surface area contributed by atoms with E-state index in [0.717, 1.165) is 18.8 Å². The van der Waals surface area contributed by atoms with E-state index in [2.05, 4.69) is 6.92 Å². The van der Waals surface area contributed by atoms with Crippen LogP contribution in [0.25, 0.3) is 0 Å². The van der Waals surface area contributed by atoms with Crippen molar-refractivity contribution >= 4 is 17.0 Å². The van der Waals surface area contributed by atoms with Crippen LogP contribution >= 0.6 is 11.8 Å². The van der Waals surface area contributed by atoms with E-state index in [9.17, 15) is 4.79 Å². The van der Waals surface area contributed by atoms with E-state index in [-0.39, 0.29) is 5.24 Å².